The minimum atomic E-state index is -0.155. The molecule has 1 aliphatic heterocycles. The van der Waals surface area contributed by atoms with Gasteiger partial charge in [0.15, 0.2) is 0 Å². The lowest BCUT2D eigenvalue weighted by molar-refractivity contribution is -0.672. The zero-order chi connectivity index (χ0) is 18.3. The highest BCUT2D eigenvalue weighted by Crippen LogP contribution is 2.46. The fourth-order valence-electron chi connectivity index (χ4n) is 4.12. The highest BCUT2D eigenvalue weighted by atomic mass is 19.1. The smallest absolute Gasteiger partial charge is 0.123 e. The Kier molecular flexibility index (Phi) is 7.45. The van der Waals surface area contributed by atoms with Crippen molar-refractivity contribution in [3.63, 3.8) is 0 Å². The summed E-state index contributed by atoms with van der Waals surface area (Å²) in [5.41, 5.74) is 1.67. The third-order valence-corrected chi connectivity index (χ3v) is 6.00. The summed E-state index contributed by atoms with van der Waals surface area (Å²) in [5.74, 6) is 0.605. The summed E-state index contributed by atoms with van der Waals surface area (Å²) in [4.78, 5) is 0. The Morgan fingerprint density at radius 1 is 1.20 bits per heavy atom. The summed E-state index contributed by atoms with van der Waals surface area (Å²) in [5, 5.41) is 2.38. The van der Waals surface area contributed by atoms with Crippen molar-refractivity contribution >= 4 is 0 Å². The Bertz CT molecular complexity index is 515. The molecule has 0 aliphatic carbocycles. The monoisotopic (exact) mass is 350 g/mol. The SMILES string of the molecule is CC[C@@]1(C)C[C@@](CC[NH2+]Cc2ccc(F)cc2)(CCC(C)C)CCO1. The molecule has 1 aromatic carbocycles. The van der Waals surface area contributed by atoms with Crippen LogP contribution in [0.3, 0.4) is 0 Å². The summed E-state index contributed by atoms with van der Waals surface area (Å²) >= 11 is 0. The molecule has 0 aromatic heterocycles. The van der Waals surface area contributed by atoms with Gasteiger partial charge >= 0.3 is 0 Å². The first kappa shape index (κ1) is 20.4. The van der Waals surface area contributed by atoms with Crippen LogP contribution in [0.25, 0.3) is 0 Å². The van der Waals surface area contributed by atoms with Gasteiger partial charge in [0.1, 0.15) is 12.4 Å². The molecule has 2 N–H and O–H groups in total. The molecule has 1 aliphatic rings. The third-order valence-electron chi connectivity index (χ3n) is 6.00. The normalized spacial score (nSPS) is 27.0. The lowest BCUT2D eigenvalue weighted by atomic mass is 9.67. The molecular weight excluding hydrogens is 313 g/mol. The van der Waals surface area contributed by atoms with E-state index in [9.17, 15) is 4.39 Å². The van der Waals surface area contributed by atoms with Crippen LogP contribution in [0.2, 0.25) is 0 Å². The van der Waals surface area contributed by atoms with E-state index in [2.05, 4.69) is 33.0 Å². The number of nitrogens with two attached hydrogens (primary N) is 1. The second kappa shape index (κ2) is 9.14. The first-order valence-corrected chi connectivity index (χ1v) is 10.1. The van der Waals surface area contributed by atoms with Crippen LogP contribution in [0.5, 0.6) is 0 Å². The van der Waals surface area contributed by atoms with Crippen LogP contribution < -0.4 is 5.32 Å². The Morgan fingerprint density at radius 3 is 2.56 bits per heavy atom. The average Bonchev–Trinajstić information content (AvgIpc) is 2.59. The van der Waals surface area contributed by atoms with Crippen molar-refractivity contribution < 1.29 is 14.4 Å². The summed E-state index contributed by atoms with van der Waals surface area (Å²) in [6.07, 6.45) is 7.34. The van der Waals surface area contributed by atoms with Gasteiger partial charge in [-0.3, -0.25) is 0 Å². The van der Waals surface area contributed by atoms with Crippen molar-refractivity contribution in [2.45, 2.75) is 78.4 Å². The summed E-state index contributed by atoms with van der Waals surface area (Å²) in [6, 6.07) is 6.89. The standard InChI is InChI=1S/C22H36FNO/c1-5-21(4)17-22(13-15-25-21,11-10-18(2)3)12-14-24-16-19-6-8-20(23)9-7-19/h6-9,18,24H,5,10-17H2,1-4H3/p+1/t21-,22+/m0/s1. The lowest BCUT2D eigenvalue weighted by Crippen LogP contribution is -2.83. The van der Waals surface area contributed by atoms with Gasteiger partial charge in [-0.15, -0.1) is 0 Å². The second-order valence-corrected chi connectivity index (χ2v) is 8.67. The molecule has 25 heavy (non-hydrogen) atoms. The van der Waals surface area contributed by atoms with Crippen LogP contribution in [0, 0.1) is 17.2 Å². The number of hydrogen-bond donors (Lipinski definition) is 1. The maximum Gasteiger partial charge on any atom is 0.123 e. The molecule has 0 saturated carbocycles. The third kappa shape index (κ3) is 6.38. The van der Waals surface area contributed by atoms with E-state index in [0.717, 1.165) is 32.0 Å². The van der Waals surface area contributed by atoms with E-state index in [4.69, 9.17) is 4.74 Å². The highest BCUT2D eigenvalue weighted by Gasteiger charge is 2.42. The highest BCUT2D eigenvalue weighted by molar-refractivity contribution is 5.14. The van der Waals surface area contributed by atoms with Crippen LogP contribution in [0.4, 0.5) is 4.39 Å². The predicted octanol–water partition coefficient (Wildman–Crippen LogP) is 4.68. The van der Waals surface area contributed by atoms with E-state index in [1.165, 1.54) is 37.7 Å². The summed E-state index contributed by atoms with van der Waals surface area (Å²) in [7, 11) is 0. The van der Waals surface area contributed by atoms with Gasteiger partial charge in [-0.1, -0.05) is 39.3 Å². The molecule has 0 spiro atoms. The minimum Gasteiger partial charge on any atom is -0.375 e. The molecule has 0 bridgehead atoms. The molecular formula is C22H37FNO+. The zero-order valence-electron chi connectivity index (χ0n) is 16.6. The molecule has 1 aromatic rings. The molecule has 1 fully saturated rings. The Balaban J connectivity index is 1.90. The molecule has 142 valence electrons. The van der Waals surface area contributed by atoms with Crippen molar-refractivity contribution in [3.8, 4) is 0 Å². The first-order valence-electron chi connectivity index (χ1n) is 10.1. The average molecular weight is 351 g/mol. The van der Waals surface area contributed by atoms with Crippen LogP contribution in [0.15, 0.2) is 24.3 Å². The quantitative estimate of drug-likeness (QED) is 0.643. The van der Waals surface area contributed by atoms with Gasteiger partial charge in [-0.25, -0.2) is 4.39 Å². The Hall–Kier alpha value is -0.930. The van der Waals surface area contributed by atoms with Crippen molar-refractivity contribution in [1.82, 2.24) is 0 Å². The predicted molar refractivity (Wildman–Crippen MR) is 102 cm³/mol. The van der Waals surface area contributed by atoms with Crippen molar-refractivity contribution in [3.05, 3.63) is 35.6 Å². The van der Waals surface area contributed by atoms with E-state index < -0.39 is 0 Å². The van der Waals surface area contributed by atoms with E-state index in [0.29, 0.717) is 5.41 Å². The van der Waals surface area contributed by atoms with Gasteiger partial charge in [0.05, 0.1) is 12.1 Å². The Morgan fingerprint density at radius 2 is 1.92 bits per heavy atom. The van der Waals surface area contributed by atoms with Gasteiger partial charge < -0.3 is 10.1 Å². The van der Waals surface area contributed by atoms with Crippen LogP contribution in [0.1, 0.15) is 71.8 Å². The number of ether oxygens (including phenoxy) is 1. The fourth-order valence-corrected chi connectivity index (χ4v) is 4.12. The molecule has 0 radical (unpaired) electrons. The fraction of sp³-hybridized carbons (Fsp3) is 0.727. The number of halogens is 1. The maximum absolute atomic E-state index is 13.0. The lowest BCUT2D eigenvalue weighted by Gasteiger charge is -2.46. The second-order valence-electron chi connectivity index (χ2n) is 8.67. The molecule has 1 saturated heterocycles. The molecule has 3 heteroatoms. The van der Waals surface area contributed by atoms with Gasteiger partial charge in [-0.05, 0) is 56.1 Å². The van der Waals surface area contributed by atoms with E-state index in [1.54, 1.807) is 12.1 Å². The molecule has 2 atom stereocenters. The molecule has 0 unspecified atom stereocenters. The van der Waals surface area contributed by atoms with Gasteiger partial charge in [0, 0.05) is 18.6 Å². The number of rotatable bonds is 9. The van der Waals surface area contributed by atoms with Gasteiger partial charge in [0.2, 0.25) is 0 Å². The van der Waals surface area contributed by atoms with Crippen molar-refractivity contribution in [1.29, 1.82) is 0 Å². The maximum atomic E-state index is 13.0. The van der Waals surface area contributed by atoms with Crippen molar-refractivity contribution in [2.75, 3.05) is 13.2 Å². The minimum absolute atomic E-state index is 0.0478. The van der Waals surface area contributed by atoms with Crippen molar-refractivity contribution in [2.24, 2.45) is 11.3 Å². The molecule has 0 amide bonds. The summed E-state index contributed by atoms with van der Waals surface area (Å²) in [6.45, 7) is 12.2. The molecule has 2 nitrogen and oxygen atoms in total. The number of quaternary nitrogens is 1. The number of hydrogen-bond acceptors (Lipinski definition) is 1. The van der Waals surface area contributed by atoms with E-state index in [1.807, 2.05) is 12.1 Å². The molecule has 1 heterocycles. The van der Waals surface area contributed by atoms with Crippen LogP contribution >= 0.6 is 0 Å². The van der Waals surface area contributed by atoms with Crippen LogP contribution in [-0.4, -0.2) is 18.8 Å². The van der Waals surface area contributed by atoms with Crippen LogP contribution in [-0.2, 0) is 11.3 Å². The topological polar surface area (TPSA) is 25.8 Å². The zero-order valence-corrected chi connectivity index (χ0v) is 16.6. The van der Waals surface area contributed by atoms with E-state index in [-0.39, 0.29) is 11.4 Å². The largest absolute Gasteiger partial charge is 0.375 e. The first-order chi connectivity index (χ1) is 11.9. The number of benzene rings is 1. The van der Waals surface area contributed by atoms with E-state index >= 15 is 0 Å². The Labute approximate surface area is 153 Å². The molecule has 2 rings (SSSR count). The summed E-state index contributed by atoms with van der Waals surface area (Å²) < 4.78 is 19.1. The van der Waals surface area contributed by atoms with Gasteiger partial charge in [-0.2, -0.15) is 0 Å². The van der Waals surface area contributed by atoms with Gasteiger partial charge in [0.25, 0.3) is 0 Å².